The Morgan fingerprint density at radius 1 is 1.50 bits per heavy atom. The van der Waals surface area contributed by atoms with Gasteiger partial charge in [0.25, 0.3) is 0 Å². The van der Waals surface area contributed by atoms with Crippen LogP contribution >= 0.6 is 0 Å². The van der Waals surface area contributed by atoms with E-state index in [1.807, 2.05) is 31.3 Å². The van der Waals surface area contributed by atoms with E-state index >= 15 is 0 Å². The molecule has 1 aromatic carbocycles. The molecule has 0 bridgehead atoms. The average Bonchev–Trinajstić information content (AvgIpc) is 2.32. The normalized spacial score (nSPS) is 26.4. The SMILES string of the molecule is CN1c2ccccc2NC[C@H](N)C1O. The summed E-state index contributed by atoms with van der Waals surface area (Å²) in [4.78, 5) is 1.79. The van der Waals surface area contributed by atoms with Crippen LogP contribution in [0.5, 0.6) is 0 Å². The van der Waals surface area contributed by atoms with Crippen molar-refractivity contribution in [1.82, 2.24) is 0 Å². The fourth-order valence-electron chi connectivity index (χ4n) is 1.69. The van der Waals surface area contributed by atoms with Crippen LogP contribution in [0.3, 0.4) is 0 Å². The van der Waals surface area contributed by atoms with E-state index in [1.165, 1.54) is 0 Å². The molecule has 0 saturated heterocycles. The van der Waals surface area contributed by atoms with Crippen molar-refractivity contribution in [3.63, 3.8) is 0 Å². The van der Waals surface area contributed by atoms with Crippen LogP contribution in [0.15, 0.2) is 24.3 Å². The van der Waals surface area contributed by atoms with Crippen molar-refractivity contribution in [2.75, 3.05) is 23.8 Å². The van der Waals surface area contributed by atoms with Crippen LogP contribution < -0.4 is 16.0 Å². The monoisotopic (exact) mass is 193 g/mol. The summed E-state index contributed by atoms with van der Waals surface area (Å²) in [6.07, 6.45) is -0.633. The zero-order valence-electron chi connectivity index (χ0n) is 8.14. The number of nitrogens with one attached hydrogen (secondary N) is 1. The second-order valence-electron chi connectivity index (χ2n) is 3.59. The molecule has 0 radical (unpaired) electrons. The minimum absolute atomic E-state index is 0.271. The van der Waals surface area contributed by atoms with Crippen molar-refractivity contribution in [3.8, 4) is 0 Å². The van der Waals surface area contributed by atoms with Crippen molar-refractivity contribution >= 4 is 11.4 Å². The number of aliphatic hydroxyl groups is 1. The average molecular weight is 193 g/mol. The zero-order chi connectivity index (χ0) is 10.1. The standard InChI is InChI=1S/C10H15N3O/c1-13-9-5-3-2-4-8(9)12-6-7(11)10(13)14/h2-5,7,10,12,14H,6,11H2,1H3/t7-,10?/m0/s1. The lowest BCUT2D eigenvalue weighted by atomic mass is 10.2. The molecule has 2 atom stereocenters. The number of hydrogen-bond acceptors (Lipinski definition) is 4. The van der Waals surface area contributed by atoms with Gasteiger partial charge in [0.05, 0.1) is 17.4 Å². The maximum Gasteiger partial charge on any atom is 0.143 e. The molecule has 4 heteroatoms. The van der Waals surface area contributed by atoms with Crippen LogP contribution in [0.25, 0.3) is 0 Å². The van der Waals surface area contributed by atoms with Gasteiger partial charge in [-0.3, -0.25) is 0 Å². The van der Waals surface area contributed by atoms with Crippen molar-refractivity contribution in [1.29, 1.82) is 0 Å². The number of rotatable bonds is 0. The van der Waals surface area contributed by atoms with Gasteiger partial charge < -0.3 is 21.1 Å². The number of anilines is 2. The zero-order valence-corrected chi connectivity index (χ0v) is 8.14. The van der Waals surface area contributed by atoms with Crippen LogP contribution in [0.1, 0.15) is 0 Å². The molecule has 0 fully saturated rings. The number of likely N-dealkylation sites (N-methyl/N-ethyl adjacent to an activating group) is 1. The Hall–Kier alpha value is -1.26. The van der Waals surface area contributed by atoms with Gasteiger partial charge in [-0.25, -0.2) is 0 Å². The highest BCUT2D eigenvalue weighted by atomic mass is 16.3. The third-order valence-corrected chi connectivity index (χ3v) is 2.59. The molecule has 14 heavy (non-hydrogen) atoms. The maximum atomic E-state index is 9.83. The first-order valence-electron chi connectivity index (χ1n) is 4.69. The molecule has 0 aliphatic carbocycles. The van der Waals surface area contributed by atoms with Gasteiger partial charge in [-0.2, -0.15) is 0 Å². The molecule has 0 amide bonds. The van der Waals surface area contributed by atoms with Crippen LogP contribution in [-0.4, -0.2) is 31.0 Å². The molecule has 0 spiro atoms. The number of nitrogens with two attached hydrogens (primary N) is 1. The highest BCUT2D eigenvalue weighted by Gasteiger charge is 2.24. The molecule has 1 aromatic rings. The lowest BCUT2D eigenvalue weighted by Crippen LogP contribution is -2.47. The quantitative estimate of drug-likeness (QED) is 0.550. The molecular weight excluding hydrogens is 178 g/mol. The van der Waals surface area contributed by atoms with Crippen molar-refractivity contribution in [2.45, 2.75) is 12.3 Å². The van der Waals surface area contributed by atoms with E-state index < -0.39 is 6.23 Å². The molecule has 0 aromatic heterocycles. The minimum atomic E-state index is -0.633. The number of aliphatic hydroxyl groups excluding tert-OH is 1. The summed E-state index contributed by atoms with van der Waals surface area (Å²) in [5.41, 5.74) is 7.79. The number of para-hydroxylation sites is 2. The highest BCUT2D eigenvalue weighted by molar-refractivity contribution is 5.70. The minimum Gasteiger partial charge on any atom is -0.382 e. The maximum absolute atomic E-state index is 9.83. The third-order valence-electron chi connectivity index (χ3n) is 2.59. The molecule has 0 saturated carbocycles. The second-order valence-corrected chi connectivity index (χ2v) is 3.59. The molecule has 76 valence electrons. The summed E-state index contributed by atoms with van der Waals surface area (Å²) in [5.74, 6) is 0. The highest BCUT2D eigenvalue weighted by Crippen LogP contribution is 2.28. The Labute approximate surface area is 83.3 Å². The fourth-order valence-corrected chi connectivity index (χ4v) is 1.69. The van der Waals surface area contributed by atoms with Crippen LogP contribution in [0, 0.1) is 0 Å². The summed E-state index contributed by atoms with van der Waals surface area (Å²) in [6.45, 7) is 0.586. The lowest BCUT2D eigenvalue weighted by Gasteiger charge is -2.27. The third kappa shape index (κ3) is 1.42. The van der Waals surface area contributed by atoms with Crippen LogP contribution in [-0.2, 0) is 0 Å². The molecular formula is C10H15N3O. The lowest BCUT2D eigenvalue weighted by molar-refractivity contribution is 0.150. The first-order chi connectivity index (χ1) is 6.70. The van der Waals surface area contributed by atoms with Gasteiger partial charge in [0.15, 0.2) is 0 Å². The molecule has 1 aliphatic rings. The fraction of sp³-hybridized carbons (Fsp3) is 0.400. The Kier molecular flexibility index (Phi) is 2.31. The topological polar surface area (TPSA) is 61.5 Å². The van der Waals surface area contributed by atoms with Gasteiger partial charge in [0, 0.05) is 13.6 Å². The summed E-state index contributed by atoms with van der Waals surface area (Å²) in [5, 5.41) is 13.0. The van der Waals surface area contributed by atoms with E-state index in [-0.39, 0.29) is 6.04 Å². The van der Waals surface area contributed by atoms with E-state index in [1.54, 1.807) is 4.90 Å². The summed E-state index contributed by atoms with van der Waals surface area (Å²) in [6, 6.07) is 7.58. The molecule has 1 aliphatic heterocycles. The first kappa shape index (κ1) is 9.30. The van der Waals surface area contributed by atoms with Gasteiger partial charge >= 0.3 is 0 Å². The van der Waals surface area contributed by atoms with Crippen molar-refractivity contribution < 1.29 is 5.11 Å². The number of fused-ring (bicyclic) bond motifs is 1. The van der Waals surface area contributed by atoms with E-state index in [4.69, 9.17) is 5.73 Å². The van der Waals surface area contributed by atoms with Gasteiger partial charge in [-0.15, -0.1) is 0 Å². The predicted molar refractivity (Wildman–Crippen MR) is 57.3 cm³/mol. The van der Waals surface area contributed by atoms with Crippen LogP contribution in [0.2, 0.25) is 0 Å². The molecule has 2 rings (SSSR count). The van der Waals surface area contributed by atoms with E-state index in [2.05, 4.69) is 5.32 Å². The van der Waals surface area contributed by atoms with Gasteiger partial charge in [0.1, 0.15) is 6.23 Å². The number of benzene rings is 1. The van der Waals surface area contributed by atoms with Gasteiger partial charge in [0.2, 0.25) is 0 Å². The number of nitrogens with zero attached hydrogens (tertiary/aromatic N) is 1. The summed E-state index contributed by atoms with van der Waals surface area (Å²) >= 11 is 0. The molecule has 1 unspecified atom stereocenters. The van der Waals surface area contributed by atoms with Crippen molar-refractivity contribution in [2.24, 2.45) is 5.73 Å². The Bertz CT molecular complexity index is 329. The van der Waals surface area contributed by atoms with Crippen LogP contribution in [0.4, 0.5) is 11.4 Å². The molecule has 1 heterocycles. The smallest absolute Gasteiger partial charge is 0.143 e. The predicted octanol–water partition coefficient (Wildman–Crippen LogP) is 0.194. The first-order valence-corrected chi connectivity index (χ1v) is 4.69. The van der Waals surface area contributed by atoms with Gasteiger partial charge in [-0.1, -0.05) is 12.1 Å². The largest absolute Gasteiger partial charge is 0.382 e. The van der Waals surface area contributed by atoms with Gasteiger partial charge in [-0.05, 0) is 12.1 Å². The molecule has 4 nitrogen and oxygen atoms in total. The van der Waals surface area contributed by atoms with E-state index in [0.717, 1.165) is 11.4 Å². The number of hydrogen-bond donors (Lipinski definition) is 3. The second kappa shape index (κ2) is 3.48. The van der Waals surface area contributed by atoms with E-state index in [9.17, 15) is 5.11 Å². The Morgan fingerprint density at radius 2 is 2.21 bits per heavy atom. The molecule has 4 N–H and O–H groups in total. The summed E-state index contributed by atoms with van der Waals surface area (Å²) in [7, 11) is 1.84. The summed E-state index contributed by atoms with van der Waals surface area (Å²) < 4.78 is 0. The van der Waals surface area contributed by atoms with E-state index in [0.29, 0.717) is 6.54 Å². The Balaban J connectivity index is 2.40. The van der Waals surface area contributed by atoms with Crippen molar-refractivity contribution in [3.05, 3.63) is 24.3 Å². The Morgan fingerprint density at radius 3 is 3.00 bits per heavy atom.